The lowest BCUT2D eigenvalue weighted by Crippen LogP contribution is -2.45. The molecule has 0 radical (unpaired) electrons. The molecule has 0 saturated carbocycles. The van der Waals surface area contributed by atoms with Gasteiger partial charge in [0.1, 0.15) is 6.04 Å². The summed E-state index contributed by atoms with van der Waals surface area (Å²) in [5, 5.41) is -2.06. The molecule has 1 aliphatic rings. The summed E-state index contributed by atoms with van der Waals surface area (Å²) in [6.07, 6.45) is -0.888. The Balaban J connectivity index is 3.00. The van der Waals surface area contributed by atoms with E-state index < -0.39 is 56.0 Å². The lowest BCUT2D eigenvalue weighted by Gasteiger charge is -2.20. The maximum absolute atomic E-state index is 11.6. The van der Waals surface area contributed by atoms with Crippen molar-refractivity contribution in [3.8, 4) is 0 Å². The van der Waals surface area contributed by atoms with Crippen molar-refractivity contribution in [3.63, 3.8) is 0 Å². The molecular weight excluding hydrogens is 322 g/mol. The van der Waals surface area contributed by atoms with E-state index in [1.807, 2.05) is 0 Å². The Morgan fingerprint density at radius 2 is 1.80 bits per heavy atom. The van der Waals surface area contributed by atoms with Crippen LogP contribution >= 0.6 is 0 Å². The van der Waals surface area contributed by atoms with Gasteiger partial charge in [-0.1, -0.05) is 0 Å². The van der Waals surface area contributed by atoms with E-state index in [9.17, 15) is 31.2 Å². The van der Waals surface area contributed by atoms with Gasteiger partial charge in [0.25, 0.3) is 16.0 Å². The Labute approximate surface area is 113 Å². The molecule has 0 bridgehead atoms. The summed E-state index contributed by atoms with van der Waals surface area (Å²) < 4.78 is 63.0. The quantitative estimate of drug-likeness (QED) is 0.422. The Hall–Kier alpha value is -1.57. The van der Waals surface area contributed by atoms with Gasteiger partial charge >= 0.3 is 16.4 Å². The summed E-state index contributed by atoms with van der Waals surface area (Å²) in [7, 11) is -9.98. The maximum Gasteiger partial charge on any atom is 0.449 e. The van der Waals surface area contributed by atoms with Crippen molar-refractivity contribution in [3.05, 3.63) is 0 Å². The Morgan fingerprint density at radius 3 is 2.15 bits per heavy atom. The zero-order valence-electron chi connectivity index (χ0n) is 9.79. The molecule has 2 atom stereocenters. The smallest absolute Gasteiger partial charge is 0.323 e. The monoisotopic (exact) mass is 331 g/mol. The van der Waals surface area contributed by atoms with Gasteiger partial charge in [-0.15, -0.1) is 0 Å². The van der Waals surface area contributed by atoms with Crippen LogP contribution in [0.2, 0.25) is 0 Å². The van der Waals surface area contributed by atoms with Gasteiger partial charge in [-0.3, -0.25) is 23.6 Å². The minimum atomic E-state index is -5.14. The van der Waals surface area contributed by atoms with Crippen molar-refractivity contribution in [1.82, 2.24) is 4.90 Å². The van der Waals surface area contributed by atoms with Gasteiger partial charge in [-0.05, 0) is 6.92 Å². The van der Waals surface area contributed by atoms with Crippen molar-refractivity contribution in [2.24, 2.45) is 0 Å². The predicted molar refractivity (Wildman–Crippen MR) is 58.9 cm³/mol. The molecule has 2 amide bonds. The van der Waals surface area contributed by atoms with Crippen LogP contribution in [0.4, 0.5) is 0 Å². The summed E-state index contributed by atoms with van der Waals surface area (Å²) in [6, 6.07) is -1.79. The van der Waals surface area contributed by atoms with E-state index in [1.54, 1.807) is 0 Å². The van der Waals surface area contributed by atoms with Crippen molar-refractivity contribution in [1.29, 1.82) is 0 Å². The number of imide groups is 1. The summed E-state index contributed by atoms with van der Waals surface area (Å²) in [4.78, 5) is 34.5. The first-order chi connectivity index (χ1) is 8.84. The summed E-state index contributed by atoms with van der Waals surface area (Å²) in [5.74, 6) is -4.17. The molecule has 13 heteroatoms. The SMILES string of the molecule is CC(C(=O)OS(=O)(=O)O)N1C(=O)CC(S(=O)(=O)O)C1=O. The summed E-state index contributed by atoms with van der Waals surface area (Å²) in [6.45, 7) is 0.885. The minimum Gasteiger partial charge on any atom is -0.323 e. The first kappa shape index (κ1) is 16.5. The zero-order valence-corrected chi connectivity index (χ0v) is 11.4. The maximum atomic E-state index is 11.6. The molecule has 11 nitrogen and oxygen atoms in total. The van der Waals surface area contributed by atoms with E-state index in [4.69, 9.17) is 9.11 Å². The third-order valence-corrected chi connectivity index (χ3v) is 3.88. The van der Waals surface area contributed by atoms with E-state index >= 15 is 0 Å². The molecule has 0 aliphatic carbocycles. The largest absolute Gasteiger partial charge is 0.449 e. The Kier molecular flexibility index (Phi) is 4.19. The van der Waals surface area contributed by atoms with Crippen LogP contribution < -0.4 is 0 Å². The molecule has 0 aromatic rings. The second kappa shape index (κ2) is 5.08. The van der Waals surface area contributed by atoms with E-state index in [1.165, 1.54) is 0 Å². The van der Waals surface area contributed by atoms with E-state index in [0.29, 0.717) is 0 Å². The Morgan fingerprint density at radius 1 is 1.30 bits per heavy atom. The van der Waals surface area contributed by atoms with Crippen LogP contribution in [-0.4, -0.2) is 59.9 Å². The van der Waals surface area contributed by atoms with Crippen molar-refractivity contribution < 1.29 is 44.5 Å². The molecule has 0 spiro atoms. The molecule has 0 aromatic heterocycles. The number of nitrogens with zero attached hydrogens (tertiary/aromatic N) is 1. The van der Waals surface area contributed by atoms with E-state index in [-0.39, 0.29) is 4.90 Å². The first-order valence-corrected chi connectivity index (χ1v) is 7.74. The molecule has 1 aliphatic heterocycles. The van der Waals surface area contributed by atoms with Crippen molar-refractivity contribution in [2.75, 3.05) is 0 Å². The highest BCUT2D eigenvalue weighted by atomic mass is 32.3. The molecule has 2 unspecified atom stereocenters. The molecule has 20 heavy (non-hydrogen) atoms. The lowest BCUT2D eigenvalue weighted by molar-refractivity contribution is -0.151. The predicted octanol–water partition coefficient (Wildman–Crippen LogP) is -2.26. The number of carbonyl (C=O) groups excluding carboxylic acids is 3. The summed E-state index contributed by atoms with van der Waals surface area (Å²) >= 11 is 0. The fraction of sp³-hybridized carbons (Fsp3) is 0.571. The third-order valence-electron chi connectivity index (χ3n) is 2.42. The van der Waals surface area contributed by atoms with Gasteiger partial charge in [-0.2, -0.15) is 16.8 Å². The van der Waals surface area contributed by atoms with Gasteiger partial charge in [-0.25, -0.2) is 4.79 Å². The molecule has 114 valence electrons. The highest BCUT2D eigenvalue weighted by Gasteiger charge is 2.49. The standard InChI is InChI=1S/C7H9NO10S2/c1-3(7(11)18-20(15,16)17)8-5(9)2-4(6(8)10)19(12,13)14/h3-4H,2H2,1H3,(H,12,13,14)(H,15,16,17). The first-order valence-electron chi connectivity index (χ1n) is 4.87. The van der Waals surface area contributed by atoms with Crippen molar-refractivity contribution in [2.45, 2.75) is 24.6 Å². The number of rotatable bonds is 4. The van der Waals surface area contributed by atoms with E-state index in [0.717, 1.165) is 6.92 Å². The van der Waals surface area contributed by atoms with Crippen LogP contribution in [0.1, 0.15) is 13.3 Å². The van der Waals surface area contributed by atoms with Gasteiger partial charge in [0.15, 0.2) is 5.25 Å². The second-order valence-electron chi connectivity index (χ2n) is 3.82. The highest BCUT2D eigenvalue weighted by Crippen LogP contribution is 2.22. The van der Waals surface area contributed by atoms with Crippen LogP contribution in [-0.2, 0) is 39.1 Å². The number of likely N-dealkylation sites (tertiary alicyclic amines) is 1. The second-order valence-corrected chi connectivity index (χ2v) is 6.44. The van der Waals surface area contributed by atoms with Gasteiger partial charge in [0.2, 0.25) is 5.91 Å². The third kappa shape index (κ3) is 3.50. The van der Waals surface area contributed by atoms with Gasteiger partial charge in [0, 0.05) is 0 Å². The average molecular weight is 331 g/mol. The fourth-order valence-electron chi connectivity index (χ4n) is 1.54. The number of hydrogen-bond acceptors (Lipinski definition) is 8. The zero-order chi connectivity index (χ0) is 15.9. The molecule has 1 fully saturated rings. The van der Waals surface area contributed by atoms with Crippen LogP contribution in [0.5, 0.6) is 0 Å². The average Bonchev–Trinajstić information content (AvgIpc) is 2.50. The molecule has 1 heterocycles. The number of carbonyl (C=O) groups is 3. The van der Waals surface area contributed by atoms with Gasteiger partial charge in [0.05, 0.1) is 6.42 Å². The minimum absolute atomic E-state index is 0.145. The highest BCUT2D eigenvalue weighted by molar-refractivity contribution is 7.87. The molecule has 0 aromatic carbocycles. The summed E-state index contributed by atoms with van der Waals surface area (Å²) in [5.41, 5.74) is 0. The molecule has 1 saturated heterocycles. The van der Waals surface area contributed by atoms with Crippen molar-refractivity contribution >= 4 is 38.3 Å². The van der Waals surface area contributed by atoms with Crippen LogP contribution in [0.15, 0.2) is 0 Å². The molecular formula is C7H9NO10S2. The molecule has 1 rings (SSSR count). The number of amides is 2. The van der Waals surface area contributed by atoms with Crippen LogP contribution in [0.3, 0.4) is 0 Å². The Bertz CT molecular complexity index is 662. The normalized spacial score (nSPS) is 21.9. The lowest BCUT2D eigenvalue weighted by atomic mass is 10.3. The number of hydrogen-bond donors (Lipinski definition) is 2. The topological polar surface area (TPSA) is 172 Å². The van der Waals surface area contributed by atoms with Gasteiger partial charge < -0.3 is 4.18 Å². The van der Waals surface area contributed by atoms with Crippen LogP contribution in [0, 0.1) is 0 Å². The van der Waals surface area contributed by atoms with E-state index in [2.05, 4.69) is 4.18 Å². The molecule has 2 N–H and O–H groups in total. The fourth-order valence-corrected chi connectivity index (χ4v) is 2.61. The van der Waals surface area contributed by atoms with Crippen LogP contribution in [0.25, 0.3) is 0 Å².